The zero-order chi connectivity index (χ0) is 28.4. The Balaban J connectivity index is 1.60. The fourth-order valence-corrected chi connectivity index (χ4v) is 8.73. The van der Waals surface area contributed by atoms with Crippen molar-refractivity contribution in [2.75, 3.05) is 6.61 Å². The number of carbonyl (C=O) groups excluding carboxylic acids is 2. The third kappa shape index (κ3) is 2.97. The fourth-order valence-electron chi connectivity index (χ4n) is 8.73. The Hall–Kier alpha value is -2.34. The summed E-state index contributed by atoms with van der Waals surface area (Å²) in [7, 11) is 0. The molecule has 4 fully saturated rings. The van der Waals surface area contributed by atoms with Crippen molar-refractivity contribution in [3.8, 4) is 0 Å². The second-order valence-electron chi connectivity index (χ2n) is 12.6. The predicted octanol–water partition coefficient (Wildman–Crippen LogP) is 1.43. The quantitative estimate of drug-likeness (QED) is 0.318. The molecular formula is C29H36O10. The molecule has 0 aromatic heterocycles. The maximum atomic E-state index is 13.8. The van der Waals surface area contributed by atoms with Gasteiger partial charge < -0.3 is 39.4 Å². The lowest BCUT2D eigenvalue weighted by Crippen LogP contribution is -2.82. The van der Waals surface area contributed by atoms with Crippen LogP contribution in [0.3, 0.4) is 0 Å². The summed E-state index contributed by atoms with van der Waals surface area (Å²) in [6, 6.07) is 8.45. The van der Waals surface area contributed by atoms with Crippen molar-refractivity contribution in [2.45, 2.75) is 95.0 Å². The van der Waals surface area contributed by atoms with Gasteiger partial charge in [-0.2, -0.15) is 0 Å². The van der Waals surface area contributed by atoms with E-state index < -0.39 is 69.8 Å². The lowest BCUT2D eigenvalue weighted by molar-refractivity contribution is -0.371. The number of benzene rings is 1. The van der Waals surface area contributed by atoms with Gasteiger partial charge in [0.1, 0.15) is 17.3 Å². The van der Waals surface area contributed by atoms with Crippen LogP contribution in [0.15, 0.2) is 41.5 Å². The fraction of sp³-hybridized carbons (Fsp3) is 0.655. The third-order valence-electron chi connectivity index (χ3n) is 10.6. The van der Waals surface area contributed by atoms with Gasteiger partial charge in [-0.1, -0.05) is 42.8 Å². The summed E-state index contributed by atoms with van der Waals surface area (Å²) < 4.78 is 24.0. The summed E-state index contributed by atoms with van der Waals surface area (Å²) in [6.07, 6.45) is -3.33. The molecule has 2 saturated heterocycles. The van der Waals surface area contributed by atoms with Crippen molar-refractivity contribution < 1.29 is 49.0 Å². The van der Waals surface area contributed by atoms with E-state index in [0.717, 1.165) is 0 Å². The summed E-state index contributed by atoms with van der Waals surface area (Å²) in [5.74, 6) is -4.71. The Morgan fingerprint density at radius 1 is 1.08 bits per heavy atom. The number of rotatable bonds is 2. The van der Waals surface area contributed by atoms with Gasteiger partial charge in [-0.3, -0.25) is 4.79 Å². The summed E-state index contributed by atoms with van der Waals surface area (Å²) in [5, 5.41) is 47.5. The normalized spacial score (nSPS) is 48.0. The number of fused-ring (bicyclic) bond motifs is 3. The van der Waals surface area contributed by atoms with Gasteiger partial charge >= 0.3 is 17.9 Å². The molecule has 5 aliphatic rings. The van der Waals surface area contributed by atoms with Gasteiger partial charge in [-0.25, -0.2) is 4.79 Å². The second kappa shape index (κ2) is 7.90. The van der Waals surface area contributed by atoms with Crippen LogP contribution in [0.1, 0.15) is 59.4 Å². The molecule has 10 nitrogen and oxygen atoms in total. The molecule has 4 N–H and O–H groups in total. The van der Waals surface area contributed by atoms with E-state index >= 15 is 0 Å². The molecule has 2 heterocycles. The van der Waals surface area contributed by atoms with E-state index in [0.29, 0.717) is 16.7 Å². The molecular weight excluding hydrogens is 508 g/mol. The zero-order valence-electron chi connectivity index (χ0n) is 22.8. The number of aliphatic hydroxyl groups excluding tert-OH is 2. The zero-order valence-corrected chi connectivity index (χ0v) is 22.8. The van der Waals surface area contributed by atoms with Gasteiger partial charge in [-0.05, 0) is 39.2 Å². The number of carbonyl (C=O) groups is 2. The topological polar surface area (TPSA) is 152 Å². The molecule has 212 valence electrons. The molecule has 0 amide bonds. The summed E-state index contributed by atoms with van der Waals surface area (Å²) >= 11 is 0. The van der Waals surface area contributed by atoms with E-state index in [9.17, 15) is 30.0 Å². The molecule has 2 saturated carbocycles. The van der Waals surface area contributed by atoms with Crippen LogP contribution in [0.5, 0.6) is 0 Å². The summed E-state index contributed by atoms with van der Waals surface area (Å²) in [6.45, 7) is 7.76. The van der Waals surface area contributed by atoms with Crippen LogP contribution in [0.4, 0.5) is 0 Å². The van der Waals surface area contributed by atoms with Gasteiger partial charge in [0.15, 0.2) is 5.60 Å². The summed E-state index contributed by atoms with van der Waals surface area (Å²) in [4.78, 5) is 26.1. The molecule has 2 bridgehead atoms. The van der Waals surface area contributed by atoms with E-state index in [1.807, 2.05) is 0 Å². The molecule has 1 aromatic carbocycles. The van der Waals surface area contributed by atoms with Crippen LogP contribution in [-0.4, -0.2) is 74.1 Å². The minimum Gasteiger partial charge on any atom is -0.459 e. The van der Waals surface area contributed by atoms with Crippen LogP contribution >= 0.6 is 0 Å². The SMILES string of the molecule is CC(=O)O[C@H]1C[C@H](O)[C@]2(C)[C@H](C[C@@]34C(=C(C)C[C@H]3O)[C@@]2(O)C(=O)OC4(C)C)[C@]12CO[C@](O)(c1ccccc1)O2. The van der Waals surface area contributed by atoms with Crippen LogP contribution in [0, 0.1) is 16.7 Å². The number of ether oxygens (including phenoxy) is 4. The highest BCUT2D eigenvalue weighted by atomic mass is 16.9. The Morgan fingerprint density at radius 3 is 2.38 bits per heavy atom. The molecule has 0 radical (unpaired) electrons. The van der Waals surface area contributed by atoms with Gasteiger partial charge in [0.05, 0.1) is 24.2 Å². The van der Waals surface area contributed by atoms with Gasteiger partial charge in [0.25, 0.3) is 0 Å². The minimum atomic E-state index is -2.32. The first-order chi connectivity index (χ1) is 18.1. The van der Waals surface area contributed by atoms with E-state index in [4.69, 9.17) is 18.9 Å². The van der Waals surface area contributed by atoms with Crippen molar-refractivity contribution in [3.63, 3.8) is 0 Å². The smallest absolute Gasteiger partial charge is 0.343 e. The highest BCUT2D eigenvalue weighted by Gasteiger charge is 2.84. The van der Waals surface area contributed by atoms with Crippen LogP contribution in [-0.2, 0) is 34.5 Å². The lowest BCUT2D eigenvalue weighted by atomic mass is 9.38. The lowest BCUT2D eigenvalue weighted by Gasteiger charge is -2.70. The highest BCUT2D eigenvalue weighted by Crippen LogP contribution is 2.74. The molecule has 2 aliphatic heterocycles. The van der Waals surface area contributed by atoms with Crippen molar-refractivity contribution in [1.29, 1.82) is 0 Å². The maximum absolute atomic E-state index is 13.8. The van der Waals surface area contributed by atoms with E-state index in [-0.39, 0.29) is 25.9 Å². The van der Waals surface area contributed by atoms with Gasteiger partial charge in [0, 0.05) is 30.2 Å². The Morgan fingerprint density at radius 2 is 1.74 bits per heavy atom. The standard InChI is InChI=1S/C29H36O10/c1-15-11-20(32)26-13-18-25(5,28(34,22(15)26)23(33)38-24(26,3)4)19(31)12-21(37-16(2)30)27(18)14-36-29(35,39-27)17-9-7-6-8-10-17/h6-10,18-21,31-32,34-35H,11-14H2,1-5H3/t18-,19-,20+,21-,25-,26-,27+,28+,29+/m0/s1. The third-order valence-corrected chi connectivity index (χ3v) is 10.6. The van der Waals surface area contributed by atoms with Crippen LogP contribution < -0.4 is 0 Å². The number of hydrogen-bond donors (Lipinski definition) is 4. The largest absolute Gasteiger partial charge is 0.459 e. The molecule has 1 spiro atoms. The second-order valence-corrected chi connectivity index (χ2v) is 12.6. The van der Waals surface area contributed by atoms with E-state index in [2.05, 4.69) is 0 Å². The first kappa shape index (κ1) is 26.9. The predicted molar refractivity (Wildman–Crippen MR) is 133 cm³/mol. The molecule has 10 heteroatoms. The van der Waals surface area contributed by atoms with Crippen LogP contribution in [0.25, 0.3) is 0 Å². The van der Waals surface area contributed by atoms with Crippen molar-refractivity contribution in [2.24, 2.45) is 16.7 Å². The molecule has 9 atom stereocenters. The number of cyclic esters (lactones) is 1. The number of esters is 2. The van der Waals surface area contributed by atoms with Gasteiger partial charge in [0.2, 0.25) is 0 Å². The van der Waals surface area contributed by atoms with E-state index in [1.54, 1.807) is 58.0 Å². The van der Waals surface area contributed by atoms with E-state index in [1.165, 1.54) is 6.92 Å². The minimum absolute atomic E-state index is 0.100. The first-order valence-electron chi connectivity index (χ1n) is 13.4. The summed E-state index contributed by atoms with van der Waals surface area (Å²) in [5.41, 5.74) is -6.65. The first-order valence-corrected chi connectivity index (χ1v) is 13.4. The number of hydrogen-bond acceptors (Lipinski definition) is 10. The molecule has 1 aromatic rings. The van der Waals surface area contributed by atoms with Crippen molar-refractivity contribution >= 4 is 11.9 Å². The maximum Gasteiger partial charge on any atom is 0.343 e. The molecule has 39 heavy (non-hydrogen) atoms. The molecule has 0 unspecified atom stereocenters. The number of aliphatic hydroxyl groups is 4. The molecule has 6 rings (SSSR count). The van der Waals surface area contributed by atoms with Gasteiger partial charge in [-0.15, -0.1) is 0 Å². The monoisotopic (exact) mass is 544 g/mol. The average Bonchev–Trinajstić information content (AvgIpc) is 3.35. The average molecular weight is 545 g/mol. The highest BCUT2D eigenvalue weighted by molar-refractivity contribution is 5.89. The molecule has 3 aliphatic carbocycles. The van der Waals surface area contributed by atoms with Crippen LogP contribution in [0.2, 0.25) is 0 Å². The van der Waals surface area contributed by atoms with Crippen molar-refractivity contribution in [3.05, 3.63) is 47.0 Å². The Labute approximate surface area is 226 Å². The Bertz CT molecular complexity index is 1280. The Kier molecular flexibility index (Phi) is 5.44. The van der Waals surface area contributed by atoms with Crippen molar-refractivity contribution in [1.82, 2.24) is 0 Å².